The summed E-state index contributed by atoms with van der Waals surface area (Å²) in [5, 5.41) is 3.12. The fraction of sp³-hybridized carbons (Fsp3) is 0.481. The number of rotatable bonds is 5. The third kappa shape index (κ3) is 3.49. The van der Waals surface area contributed by atoms with Crippen molar-refractivity contribution in [2.75, 3.05) is 50.0 Å². The number of anilines is 3. The van der Waals surface area contributed by atoms with Gasteiger partial charge in [0.15, 0.2) is 5.82 Å². The van der Waals surface area contributed by atoms with Crippen molar-refractivity contribution >= 4 is 34.7 Å². The molecule has 0 atom stereocenters. The summed E-state index contributed by atoms with van der Waals surface area (Å²) in [4.78, 5) is 34.5. The zero-order valence-electron chi connectivity index (χ0n) is 21.1. The fourth-order valence-corrected chi connectivity index (χ4v) is 7.88. The van der Waals surface area contributed by atoms with Crippen molar-refractivity contribution in [3.8, 4) is 10.6 Å². The van der Waals surface area contributed by atoms with Crippen molar-refractivity contribution in [1.29, 1.82) is 0 Å². The first-order valence-electron chi connectivity index (χ1n) is 13.1. The molecule has 192 valence electrons. The Balaban J connectivity index is 1.10. The Morgan fingerprint density at radius 2 is 1.97 bits per heavy atom. The summed E-state index contributed by atoms with van der Waals surface area (Å²) in [5.74, 6) is 0.381. The smallest absolute Gasteiger partial charge is 0.254 e. The van der Waals surface area contributed by atoms with E-state index in [9.17, 15) is 9.18 Å². The minimum Gasteiger partial charge on any atom is -0.366 e. The van der Waals surface area contributed by atoms with Crippen molar-refractivity contribution in [1.82, 2.24) is 24.8 Å². The van der Waals surface area contributed by atoms with E-state index < -0.39 is 5.82 Å². The van der Waals surface area contributed by atoms with Gasteiger partial charge in [-0.15, -0.1) is 11.3 Å². The molecule has 1 N–H and O–H groups in total. The summed E-state index contributed by atoms with van der Waals surface area (Å²) in [6, 6.07) is 5.76. The fourth-order valence-electron chi connectivity index (χ4n) is 6.50. The number of carbonyl (C=O) groups is 1. The van der Waals surface area contributed by atoms with Crippen LogP contribution in [0.2, 0.25) is 0 Å². The number of nitrogens with zero attached hydrogens (tertiary/aromatic N) is 6. The van der Waals surface area contributed by atoms with Crippen LogP contribution in [0.4, 0.5) is 21.8 Å². The van der Waals surface area contributed by atoms with Gasteiger partial charge in [-0.05, 0) is 44.0 Å². The van der Waals surface area contributed by atoms with Gasteiger partial charge < -0.3 is 15.1 Å². The van der Waals surface area contributed by atoms with E-state index >= 15 is 0 Å². The van der Waals surface area contributed by atoms with Gasteiger partial charge in [0.1, 0.15) is 11.5 Å². The van der Waals surface area contributed by atoms with Gasteiger partial charge in [0.2, 0.25) is 5.95 Å². The first-order valence-corrected chi connectivity index (χ1v) is 13.9. The second kappa shape index (κ2) is 8.19. The molecule has 0 bridgehead atoms. The molecule has 3 aliphatic heterocycles. The van der Waals surface area contributed by atoms with Crippen molar-refractivity contribution in [3.05, 3.63) is 46.9 Å². The molecule has 8 nitrogen and oxygen atoms in total. The largest absolute Gasteiger partial charge is 0.366 e. The van der Waals surface area contributed by atoms with Crippen LogP contribution in [0, 0.1) is 5.82 Å². The van der Waals surface area contributed by atoms with Crippen molar-refractivity contribution in [2.45, 2.75) is 43.6 Å². The number of aromatic nitrogens is 3. The molecule has 0 unspecified atom stereocenters. The standard InChI is InChI=1S/C27H30FN7OS/c1-3-35-10-9-27(35)15-34(16-27)17-5-6-21(29-12-17)31-25-30-13-19(28)22(32-25)20-11-18-23(37-20)26(7-4-8-26)14-33(2)24(18)36/h5-6,11-13H,3-4,7-10,14-16H2,1-2H3,(H,29,30,31,32). The number of likely N-dealkylation sites (N-methyl/N-ethyl adjacent to an activating group) is 2. The third-order valence-electron chi connectivity index (χ3n) is 8.84. The molecule has 37 heavy (non-hydrogen) atoms. The van der Waals surface area contributed by atoms with Crippen LogP contribution < -0.4 is 10.2 Å². The third-order valence-corrected chi connectivity index (χ3v) is 10.2. The molecule has 1 aliphatic carbocycles. The summed E-state index contributed by atoms with van der Waals surface area (Å²) in [6.07, 6.45) is 7.60. The monoisotopic (exact) mass is 519 g/mol. The van der Waals surface area contributed by atoms with Gasteiger partial charge >= 0.3 is 0 Å². The van der Waals surface area contributed by atoms with Crippen LogP contribution in [0.5, 0.6) is 0 Å². The number of pyridine rings is 1. The molecule has 0 radical (unpaired) electrons. The van der Waals surface area contributed by atoms with Gasteiger partial charge in [-0.2, -0.15) is 0 Å². The Morgan fingerprint density at radius 3 is 2.62 bits per heavy atom. The van der Waals surface area contributed by atoms with Crippen LogP contribution in [-0.2, 0) is 5.41 Å². The molecule has 6 heterocycles. The average molecular weight is 520 g/mol. The number of thiophene rings is 1. The minimum absolute atomic E-state index is 0.0000358. The SMILES string of the molecule is CCN1CCC12CN(c1ccc(Nc3ncc(F)c(-c4cc5c(s4)C4(CCC4)CN(C)C5=O)n3)nc1)C2. The lowest BCUT2D eigenvalue weighted by Gasteiger charge is -2.63. The van der Waals surface area contributed by atoms with E-state index in [1.807, 2.05) is 25.4 Å². The Hall–Kier alpha value is -3.11. The molecule has 10 heteroatoms. The van der Waals surface area contributed by atoms with E-state index in [0.717, 1.165) is 56.0 Å². The van der Waals surface area contributed by atoms with Crippen LogP contribution >= 0.6 is 11.3 Å². The van der Waals surface area contributed by atoms with E-state index in [4.69, 9.17) is 0 Å². The predicted molar refractivity (Wildman–Crippen MR) is 142 cm³/mol. The van der Waals surface area contributed by atoms with Crippen LogP contribution in [0.25, 0.3) is 10.6 Å². The van der Waals surface area contributed by atoms with E-state index in [1.165, 1.54) is 30.5 Å². The van der Waals surface area contributed by atoms with Crippen LogP contribution in [0.3, 0.4) is 0 Å². The molecular weight excluding hydrogens is 489 g/mol. The normalized spacial score (nSPS) is 21.4. The number of halogens is 1. The average Bonchev–Trinajstić information content (AvgIpc) is 3.27. The molecule has 0 aromatic carbocycles. The molecule has 3 aromatic rings. The first-order chi connectivity index (χ1) is 17.9. The highest BCUT2D eigenvalue weighted by Gasteiger charge is 2.52. The molecule has 3 aromatic heterocycles. The topological polar surface area (TPSA) is 77.5 Å². The number of nitrogens with one attached hydrogen (secondary N) is 1. The van der Waals surface area contributed by atoms with E-state index in [1.54, 1.807) is 4.90 Å². The highest BCUT2D eigenvalue weighted by atomic mass is 32.1. The van der Waals surface area contributed by atoms with E-state index in [2.05, 4.69) is 43.1 Å². The molecule has 1 saturated carbocycles. The number of hydrogen-bond acceptors (Lipinski definition) is 8. The van der Waals surface area contributed by atoms with Crippen LogP contribution in [0.15, 0.2) is 30.6 Å². The maximum atomic E-state index is 14.9. The number of amides is 1. The zero-order chi connectivity index (χ0) is 25.4. The summed E-state index contributed by atoms with van der Waals surface area (Å²) in [6.45, 7) is 7.36. The van der Waals surface area contributed by atoms with Crippen LogP contribution in [0.1, 0.15) is 47.8 Å². The molecule has 2 saturated heterocycles. The quantitative estimate of drug-likeness (QED) is 0.539. The Kier molecular flexibility index (Phi) is 5.10. The van der Waals surface area contributed by atoms with Gasteiger partial charge in [0.05, 0.1) is 34.1 Å². The number of likely N-dealkylation sites (tertiary alicyclic amines) is 1. The number of hydrogen-bond donors (Lipinski definition) is 1. The first kappa shape index (κ1) is 23.0. The second-order valence-corrected chi connectivity index (χ2v) is 12.0. The van der Waals surface area contributed by atoms with Crippen molar-refractivity contribution in [3.63, 3.8) is 0 Å². The van der Waals surface area contributed by atoms with Gasteiger partial charge in [-0.3, -0.25) is 9.69 Å². The Bertz CT molecular complexity index is 1380. The Labute approximate surface area is 219 Å². The van der Waals surface area contributed by atoms with Gasteiger partial charge in [-0.1, -0.05) is 13.3 Å². The highest BCUT2D eigenvalue weighted by molar-refractivity contribution is 7.16. The summed E-state index contributed by atoms with van der Waals surface area (Å²) < 4.78 is 14.9. The Morgan fingerprint density at radius 1 is 1.14 bits per heavy atom. The minimum atomic E-state index is -0.500. The van der Waals surface area contributed by atoms with Gasteiger partial charge in [0, 0.05) is 43.5 Å². The zero-order valence-corrected chi connectivity index (χ0v) is 21.9. The number of carbonyl (C=O) groups excluding carboxylic acids is 1. The maximum Gasteiger partial charge on any atom is 0.254 e. The second-order valence-electron chi connectivity index (χ2n) is 11.0. The highest BCUT2D eigenvalue weighted by Crippen LogP contribution is 2.52. The molecule has 2 spiro atoms. The molecular formula is C27H30FN7OS. The lowest BCUT2D eigenvalue weighted by Crippen LogP contribution is -2.76. The van der Waals surface area contributed by atoms with Crippen molar-refractivity contribution < 1.29 is 9.18 Å². The maximum absolute atomic E-state index is 14.9. The van der Waals surface area contributed by atoms with Gasteiger partial charge in [-0.25, -0.2) is 19.3 Å². The lowest BCUT2D eigenvalue weighted by molar-refractivity contribution is -0.0315. The van der Waals surface area contributed by atoms with Gasteiger partial charge in [0.25, 0.3) is 5.91 Å². The van der Waals surface area contributed by atoms with Crippen molar-refractivity contribution in [2.24, 2.45) is 0 Å². The summed E-state index contributed by atoms with van der Waals surface area (Å²) in [5.41, 5.74) is 2.38. The van der Waals surface area contributed by atoms with E-state index in [-0.39, 0.29) is 23.0 Å². The van der Waals surface area contributed by atoms with E-state index in [0.29, 0.717) is 21.8 Å². The molecule has 1 amide bonds. The summed E-state index contributed by atoms with van der Waals surface area (Å²) >= 11 is 1.50. The predicted octanol–water partition coefficient (Wildman–Crippen LogP) is 4.27. The van der Waals surface area contributed by atoms with Crippen LogP contribution in [-0.4, -0.2) is 76.0 Å². The number of fused-ring (bicyclic) bond motifs is 2. The molecule has 3 fully saturated rings. The molecule has 7 rings (SSSR count). The summed E-state index contributed by atoms with van der Waals surface area (Å²) in [7, 11) is 1.85. The molecule has 4 aliphatic rings. The lowest BCUT2D eigenvalue weighted by atomic mass is 9.65.